The molecule has 0 saturated heterocycles. The zero-order valence-electron chi connectivity index (χ0n) is 9.67. The van der Waals surface area contributed by atoms with E-state index in [9.17, 15) is 0 Å². The van der Waals surface area contributed by atoms with Gasteiger partial charge in [-0.15, -0.1) is 8.58 Å². The van der Waals surface area contributed by atoms with Crippen molar-refractivity contribution in [3.8, 4) is 0 Å². The summed E-state index contributed by atoms with van der Waals surface area (Å²) in [6.45, 7) is 0. The van der Waals surface area contributed by atoms with Crippen molar-refractivity contribution >= 4 is 8.58 Å². The van der Waals surface area contributed by atoms with Gasteiger partial charge < -0.3 is 0 Å². The maximum atomic E-state index is 1.64. The zero-order valence-corrected chi connectivity index (χ0v) is 10.7. The van der Waals surface area contributed by atoms with E-state index in [4.69, 9.17) is 0 Å². The van der Waals surface area contributed by atoms with E-state index in [1.54, 1.807) is 57.8 Å². The molecule has 1 heteroatoms. The molecule has 0 nitrogen and oxygen atoms in total. The molecule has 5 unspecified atom stereocenters. The van der Waals surface area contributed by atoms with Gasteiger partial charge >= 0.3 is 0 Å². The highest BCUT2D eigenvalue weighted by atomic mass is 31.1. The third-order valence-corrected chi connectivity index (χ3v) is 8.40. The molecule has 4 saturated carbocycles. The van der Waals surface area contributed by atoms with Gasteiger partial charge in [0, 0.05) is 0 Å². The Morgan fingerprint density at radius 2 is 1.60 bits per heavy atom. The van der Waals surface area contributed by atoms with Crippen molar-refractivity contribution in [2.24, 2.45) is 17.8 Å². The summed E-state index contributed by atoms with van der Waals surface area (Å²) in [5, 5.41) is 0.945. The van der Waals surface area contributed by atoms with Gasteiger partial charge in [-0.3, -0.25) is 0 Å². The minimum atomic E-state index is 0.945. The van der Waals surface area contributed by atoms with Crippen molar-refractivity contribution in [2.75, 3.05) is 0 Å². The lowest BCUT2D eigenvalue weighted by molar-refractivity contribution is 0.480. The number of hydrogen-bond donors (Lipinski definition) is 0. The zero-order chi connectivity index (χ0) is 9.88. The minimum Gasteiger partial charge on any atom is -0.112 e. The summed E-state index contributed by atoms with van der Waals surface area (Å²) in [5.74, 6) is 3.64. The van der Waals surface area contributed by atoms with Crippen LogP contribution in [0.2, 0.25) is 0 Å². The first-order valence-electron chi connectivity index (χ1n) is 7.17. The van der Waals surface area contributed by atoms with E-state index in [0.717, 1.165) is 5.16 Å². The quantitative estimate of drug-likeness (QED) is 0.615. The molecule has 15 heavy (non-hydrogen) atoms. The molecule has 0 aromatic heterocycles. The molecule has 84 valence electrons. The third kappa shape index (κ3) is 1.43. The normalized spacial score (nSPS) is 57.6. The van der Waals surface area contributed by atoms with Crippen molar-refractivity contribution in [1.29, 1.82) is 0 Å². The first-order valence-corrected chi connectivity index (χ1v) is 8.24. The fourth-order valence-corrected chi connectivity index (χ4v) is 7.56. The van der Waals surface area contributed by atoms with Crippen LogP contribution in [0.25, 0.3) is 0 Å². The fourth-order valence-electron chi connectivity index (χ4n) is 4.68. The lowest BCUT2D eigenvalue weighted by atomic mass is 10.0. The lowest BCUT2D eigenvalue weighted by Crippen LogP contribution is -2.11. The Bertz CT molecular complexity index is 263. The van der Waals surface area contributed by atoms with Gasteiger partial charge in [-0.05, 0) is 60.7 Å². The van der Waals surface area contributed by atoms with Crippen LogP contribution in [0.3, 0.4) is 0 Å². The predicted molar refractivity (Wildman–Crippen MR) is 66.9 cm³/mol. The summed E-state index contributed by atoms with van der Waals surface area (Å²) in [7, 11) is 1.39. The van der Waals surface area contributed by atoms with Gasteiger partial charge in [0.2, 0.25) is 0 Å². The Balaban J connectivity index is 1.41. The van der Waals surface area contributed by atoms with Gasteiger partial charge in [0.15, 0.2) is 0 Å². The average Bonchev–Trinajstić information content (AvgIpc) is 3.15. The Hall–Kier alpha value is 0.430. The summed E-state index contributed by atoms with van der Waals surface area (Å²) >= 11 is 0. The van der Waals surface area contributed by atoms with Crippen LogP contribution in [0.4, 0.5) is 0 Å². The van der Waals surface area contributed by atoms with Crippen LogP contribution in [0.1, 0.15) is 57.8 Å². The molecular formula is C14H23P. The third-order valence-electron chi connectivity index (χ3n) is 5.77. The highest BCUT2D eigenvalue weighted by Gasteiger charge is 2.60. The topological polar surface area (TPSA) is 0 Å². The summed E-state index contributed by atoms with van der Waals surface area (Å²) in [6.07, 6.45) is 14.3. The molecule has 0 aromatic carbocycles. The number of hydrogen-bond acceptors (Lipinski definition) is 0. The second-order valence-corrected chi connectivity index (χ2v) is 8.54. The number of rotatable bonds is 2. The van der Waals surface area contributed by atoms with E-state index >= 15 is 0 Å². The van der Waals surface area contributed by atoms with Gasteiger partial charge in [0.1, 0.15) is 0 Å². The van der Waals surface area contributed by atoms with E-state index in [1.165, 1.54) is 32.0 Å². The minimum absolute atomic E-state index is 0.945. The van der Waals surface area contributed by atoms with E-state index in [2.05, 4.69) is 0 Å². The smallest absolute Gasteiger partial charge is 0.00877 e. The van der Waals surface area contributed by atoms with Crippen LogP contribution in [-0.2, 0) is 0 Å². The summed E-state index contributed by atoms with van der Waals surface area (Å²) in [6, 6.07) is 0. The van der Waals surface area contributed by atoms with Gasteiger partial charge in [0.05, 0.1) is 0 Å². The molecular weight excluding hydrogens is 199 g/mol. The molecule has 4 aliphatic carbocycles. The van der Waals surface area contributed by atoms with Crippen molar-refractivity contribution in [3.05, 3.63) is 0 Å². The molecule has 0 radical (unpaired) electrons. The Morgan fingerprint density at radius 3 is 2.33 bits per heavy atom. The summed E-state index contributed by atoms with van der Waals surface area (Å²) < 4.78 is 0. The molecule has 0 amide bonds. The molecule has 0 aromatic rings. The molecule has 4 rings (SSSR count). The van der Waals surface area contributed by atoms with Crippen molar-refractivity contribution < 1.29 is 0 Å². The molecule has 5 atom stereocenters. The van der Waals surface area contributed by atoms with Crippen LogP contribution in [-0.4, -0.2) is 10.8 Å². The lowest BCUT2D eigenvalue weighted by Gasteiger charge is -2.22. The van der Waals surface area contributed by atoms with Gasteiger partial charge in [-0.2, -0.15) is 0 Å². The second kappa shape index (κ2) is 3.22. The maximum Gasteiger partial charge on any atom is -0.00877 e. The van der Waals surface area contributed by atoms with Crippen molar-refractivity contribution in [2.45, 2.75) is 68.6 Å². The van der Waals surface area contributed by atoms with Crippen LogP contribution in [0, 0.1) is 17.8 Å². The SMILES string of the molecule is C1CCC2C(C1)C2PC12CCCCC1C2. The Morgan fingerprint density at radius 1 is 0.867 bits per heavy atom. The van der Waals surface area contributed by atoms with Crippen molar-refractivity contribution in [3.63, 3.8) is 0 Å². The molecule has 4 aliphatic rings. The molecule has 0 aliphatic heterocycles. The highest BCUT2D eigenvalue weighted by Crippen LogP contribution is 2.72. The van der Waals surface area contributed by atoms with Crippen LogP contribution >= 0.6 is 8.58 Å². The summed E-state index contributed by atoms with van der Waals surface area (Å²) in [4.78, 5) is 0. The molecule has 0 N–H and O–H groups in total. The fraction of sp³-hybridized carbons (Fsp3) is 1.00. The van der Waals surface area contributed by atoms with Crippen LogP contribution in [0.5, 0.6) is 0 Å². The van der Waals surface area contributed by atoms with E-state index < -0.39 is 0 Å². The van der Waals surface area contributed by atoms with Gasteiger partial charge in [-0.25, -0.2) is 0 Å². The van der Waals surface area contributed by atoms with Gasteiger partial charge in [0.25, 0.3) is 0 Å². The van der Waals surface area contributed by atoms with Crippen LogP contribution < -0.4 is 0 Å². The first-order chi connectivity index (χ1) is 7.39. The van der Waals surface area contributed by atoms with E-state index in [1.807, 2.05) is 0 Å². The summed E-state index contributed by atoms with van der Waals surface area (Å²) in [5.41, 5.74) is 1.23. The predicted octanol–water partition coefficient (Wildman–Crippen LogP) is 4.19. The van der Waals surface area contributed by atoms with Crippen LogP contribution in [0.15, 0.2) is 0 Å². The van der Waals surface area contributed by atoms with Gasteiger partial charge in [-0.1, -0.05) is 25.7 Å². The molecule has 0 heterocycles. The molecule has 4 fully saturated rings. The van der Waals surface area contributed by atoms with E-state index in [-0.39, 0.29) is 0 Å². The van der Waals surface area contributed by atoms with E-state index in [0.29, 0.717) is 0 Å². The average molecular weight is 222 g/mol. The maximum absolute atomic E-state index is 1.64. The standard InChI is InChI=1S/C14H23P/c1-2-7-12-11(6-1)13(12)15-14-8-4-3-5-10(14)9-14/h10-13,15H,1-9H2. The molecule has 0 spiro atoms. The second-order valence-electron chi connectivity index (χ2n) is 6.59. The molecule has 0 bridgehead atoms. The monoisotopic (exact) mass is 222 g/mol. The largest absolute Gasteiger partial charge is 0.112 e. The highest BCUT2D eigenvalue weighted by molar-refractivity contribution is 7.42. The Kier molecular flexibility index (Phi) is 2.03. The Labute approximate surface area is 95.4 Å². The van der Waals surface area contributed by atoms with Crippen molar-refractivity contribution in [1.82, 2.24) is 0 Å². The first kappa shape index (κ1) is 9.46. The number of fused-ring (bicyclic) bond motifs is 2.